The number of fused-ring (bicyclic) bond motifs is 1. The molecular weight excluding hydrogens is 216 g/mol. The van der Waals surface area contributed by atoms with E-state index in [0.29, 0.717) is 6.42 Å². The van der Waals surface area contributed by atoms with Crippen molar-refractivity contribution in [2.75, 3.05) is 18.0 Å². The molecule has 2 N–H and O–H groups in total. The van der Waals surface area contributed by atoms with Crippen LogP contribution in [0.1, 0.15) is 18.1 Å². The third kappa shape index (κ3) is 3.14. The monoisotopic (exact) mass is 234 g/mol. The number of rotatable bonds is 2. The Morgan fingerprint density at radius 2 is 2.12 bits per heavy atom. The van der Waals surface area contributed by atoms with Crippen LogP contribution in [-0.4, -0.2) is 25.3 Å². The normalized spacial score (nSPS) is 12.9. The highest BCUT2D eigenvalue weighted by molar-refractivity contribution is 6.03. The maximum absolute atomic E-state index is 11.5. The summed E-state index contributed by atoms with van der Waals surface area (Å²) in [6, 6.07) is 5.85. The molecule has 17 heavy (non-hydrogen) atoms. The lowest BCUT2D eigenvalue weighted by Gasteiger charge is -2.13. The number of benzene rings is 1. The average molecular weight is 234 g/mol. The van der Waals surface area contributed by atoms with Crippen LogP contribution in [0.5, 0.6) is 0 Å². The van der Waals surface area contributed by atoms with Gasteiger partial charge in [-0.15, -0.1) is 0 Å². The standard InChI is InChI=1S/C11H11NO2.C2H7N/c1-8-2-3-10-9(6-8)7-11(14)12(10)4-5-13;1-2-3/h2-3,5-6H,4,7H2,1H3;2-3H2,1H3. The van der Waals surface area contributed by atoms with Crippen LogP contribution in [0.3, 0.4) is 0 Å². The van der Waals surface area contributed by atoms with Crippen molar-refractivity contribution in [2.45, 2.75) is 20.3 Å². The van der Waals surface area contributed by atoms with Crippen LogP contribution in [-0.2, 0) is 16.0 Å². The molecule has 0 bridgehead atoms. The lowest BCUT2D eigenvalue weighted by Crippen LogP contribution is -2.28. The van der Waals surface area contributed by atoms with Gasteiger partial charge in [-0.2, -0.15) is 0 Å². The number of amides is 1. The van der Waals surface area contributed by atoms with Crippen molar-refractivity contribution in [3.8, 4) is 0 Å². The Hall–Kier alpha value is -1.68. The minimum absolute atomic E-state index is 0.0118. The van der Waals surface area contributed by atoms with Crippen LogP contribution in [0.4, 0.5) is 5.69 Å². The van der Waals surface area contributed by atoms with Gasteiger partial charge in [0.2, 0.25) is 5.91 Å². The zero-order chi connectivity index (χ0) is 12.8. The Kier molecular flexibility index (Phi) is 4.84. The number of aryl methyl sites for hydroxylation is 1. The van der Waals surface area contributed by atoms with Crippen molar-refractivity contribution in [2.24, 2.45) is 5.73 Å². The van der Waals surface area contributed by atoms with E-state index in [4.69, 9.17) is 5.73 Å². The molecule has 4 nitrogen and oxygen atoms in total. The average Bonchev–Trinajstić information content (AvgIpc) is 2.56. The summed E-state index contributed by atoms with van der Waals surface area (Å²) in [6.07, 6.45) is 1.18. The highest BCUT2D eigenvalue weighted by Gasteiger charge is 2.26. The molecule has 1 amide bonds. The van der Waals surface area contributed by atoms with Crippen LogP contribution >= 0.6 is 0 Å². The minimum Gasteiger partial charge on any atom is -0.331 e. The molecule has 4 heteroatoms. The molecule has 0 unspecified atom stereocenters. The van der Waals surface area contributed by atoms with Crippen LogP contribution in [0, 0.1) is 6.92 Å². The van der Waals surface area contributed by atoms with Crippen LogP contribution in [0.15, 0.2) is 18.2 Å². The first-order chi connectivity index (χ1) is 8.13. The summed E-state index contributed by atoms with van der Waals surface area (Å²) in [5.74, 6) is 0.0118. The predicted molar refractivity (Wildman–Crippen MR) is 68.0 cm³/mol. The number of nitrogens with zero attached hydrogens (tertiary/aromatic N) is 1. The van der Waals surface area contributed by atoms with Crippen molar-refractivity contribution in [3.05, 3.63) is 29.3 Å². The van der Waals surface area contributed by atoms with E-state index in [9.17, 15) is 9.59 Å². The van der Waals surface area contributed by atoms with Gasteiger partial charge in [-0.3, -0.25) is 4.79 Å². The molecule has 1 aromatic rings. The number of carbonyl (C=O) groups is 2. The molecule has 1 aliphatic rings. The maximum atomic E-state index is 11.5. The molecular formula is C13H18N2O2. The lowest BCUT2D eigenvalue weighted by atomic mass is 10.1. The van der Waals surface area contributed by atoms with E-state index in [1.165, 1.54) is 4.90 Å². The summed E-state index contributed by atoms with van der Waals surface area (Å²) < 4.78 is 0. The number of aldehydes is 1. The van der Waals surface area contributed by atoms with E-state index in [2.05, 4.69) is 0 Å². The zero-order valence-corrected chi connectivity index (χ0v) is 10.3. The molecule has 0 spiro atoms. The topological polar surface area (TPSA) is 63.4 Å². The van der Waals surface area contributed by atoms with Crippen LogP contribution in [0.25, 0.3) is 0 Å². The van der Waals surface area contributed by atoms with Gasteiger partial charge in [-0.1, -0.05) is 24.6 Å². The van der Waals surface area contributed by atoms with E-state index in [1.807, 2.05) is 32.0 Å². The van der Waals surface area contributed by atoms with Gasteiger partial charge < -0.3 is 15.4 Å². The molecule has 1 heterocycles. The highest BCUT2D eigenvalue weighted by Crippen LogP contribution is 2.28. The fraction of sp³-hybridized carbons (Fsp3) is 0.385. The quantitative estimate of drug-likeness (QED) is 0.778. The Bertz CT molecular complexity index is 416. The first kappa shape index (κ1) is 13.4. The molecule has 92 valence electrons. The number of anilines is 1. The van der Waals surface area contributed by atoms with Gasteiger partial charge in [0.15, 0.2) is 0 Å². The molecule has 0 fully saturated rings. The molecule has 0 saturated carbocycles. The fourth-order valence-electron chi connectivity index (χ4n) is 1.79. The molecule has 1 aromatic carbocycles. The summed E-state index contributed by atoms with van der Waals surface area (Å²) in [5.41, 5.74) is 7.90. The SMILES string of the molecule is CCN.Cc1ccc2c(c1)CC(=O)N2CC=O. The van der Waals surface area contributed by atoms with Gasteiger partial charge in [-0.25, -0.2) is 0 Å². The first-order valence-electron chi connectivity index (χ1n) is 5.67. The highest BCUT2D eigenvalue weighted by atomic mass is 16.2. The first-order valence-corrected chi connectivity index (χ1v) is 5.67. The second-order valence-electron chi connectivity index (χ2n) is 3.89. The predicted octanol–water partition coefficient (Wildman–Crippen LogP) is 1.05. The smallest absolute Gasteiger partial charge is 0.231 e. The second kappa shape index (κ2) is 6.15. The summed E-state index contributed by atoms with van der Waals surface area (Å²) in [5, 5.41) is 0. The third-order valence-corrected chi connectivity index (χ3v) is 2.43. The van der Waals surface area contributed by atoms with E-state index >= 15 is 0 Å². The number of nitrogens with two attached hydrogens (primary N) is 1. The van der Waals surface area contributed by atoms with Gasteiger partial charge in [0.25, 0.3) is 0 Å². The van der Waals surface area contributed by atoms with E-state index < -0.39 is 0 Å². The summed E-state index contributed by atoms with van der Waals surface area (Å²) >= 11 is 0. The zero-order valence-electron chi connectivity index (χ0n) is 10.3. The van der Waals surface area contributed by atoms with Crippen LogP contribution < -0.4 is 10.6 Å². The van der Waals surface area contributed by atoms with Crippen molar-refractivity contribution in [1.82, 2.24) is 0 Å². The number of hydrogen-bond donors (Lipinski definition) is 1. The second-order valence-corrected chi connectivity index (χ2v) is 3.89. The Balaban J connectivity index is 0.000000437. The molecule has 0 aliphatic carbocycles. The fourth-order valence-corrected chi connectivity index (χ4v) is 1.79. The minimum atomic E-state index is 0.0118. The maximum Gasteiger partial charge on any atom is 0.231 e. The van der Waals surface area contributed by atoms with Gasteiger partial charge in [0.05, 0.1) is 13.0 Å². The van der Waals surface area contributed by atoms with Crippen molar-refractivity contribution >= 4 is 17.9 Å². The van der Waals surface area contributed by atoms with E-state index in [-0.39, 0.29) is 12.5 Å². The van der Waals surface area contributed by atoms with E-state index in [0.717, 1.165) is 29.6 Å². The molecule has 2 rings (SSSR count). The van der Waals surface area contributed by atoms with Crippen molar-refractivity contribution in [3.63, 3.8) is 0 Å². The van der Waals surface area contributed by atoms with Gasteiger partial charge >= 0.3 is 0 Å². The van der Waals surface area contributed by atoms with Crippen molar-refractivity contribution < 1.29 is 9.59 Å². The Labute approximate surface area is 101 Å². The number of hydrogen-bond acceptors (Lipinski definition) is 3. The Morgan fingerprint density at radius 1 is 1.47 bits per heavy atom. The van der Waals surface area contributed by atoms with Crippen molar-refractivity contribution in [1.29, 1.82) is 0 Å². The summed E-state index contributed by atoms with van der Waals surface area (Å²) in [6.45, 7) is 4.81. The summed E-state index contributed by atoms with van der Waals surface area (Å²) in [7, 11) is 0. The van der Waals surface area contributed by atoms with Gasteiger partial charge in [0, 0.05) is 5.69 Å². The molecule has 0 radical (unpaired) electrons. The van der Waals surface area contributed by atoms with Gasteiger partial charge in [0.1, 0.15) is 6.29 Å². The summed E-state index contributed by atoms with van der Waals surface area (Å²) in [4.78, 5) is 23.4. The van der Waals surface area contributed by atoms with Gasteiger partial charge in [-0.05, 0) is 25.1 Å². The Morgan fingerprint density at radius 3 is 2.71 bits per heavy atom. The lowest BCUT2D eigenvalue weighted by molar-refractivity contribution is -0.118. The largest absolute Gasteiger partial charge is 0.331 e. The van der Waals surface area contributed by atoms with Crippen LogP contribution in [0.2, 0.25) is 0 Å². The molecule has 1 aliphatic heterocycles. The number of carbonyl (C=O) groups excluding carboxylic acids is 2. The third-order valence-electron chi connectivity index (χ3n) is 2.43. The molecule has 0 aromatic heterocycles. The van der Waals surface area contributed by atoms with E-state index in [1.54, 1.807) is 0 Å². The molecule has 0 saturated heterocycles. The molecule has 0 atom stereocenters.